The summed E-state index contributed by atoms with van der Waals surface area (Å²) < 4.78 is 5.21. The van der Waals surface area contributed by atoms with Crippen LogP contribution in [0.2, 0.25) is 0 Å². The molecule has 2 heteroatoms. The summed E-state index contributed by atoms with van der Waals surface area (Å²) in [4.78, 5) is 3.97. The molecule has 0 aliphatic heterocycles. The third-order valence-corrected chi connectivity index (χ3v) is 1.17. The van der Waals surface area contributed by atoms with Crippen LogP contribution in [0.25, 0.3) is 0 Å². The lowest BCUT2D eigenvalue weighted by molar-refractivity contribution is 0.472. The lowest BCUT2D eigenvalue weighted by atomic mass is 10.3. The Labute approximate surface area is 68.6 Å². The zero-order chi connectivity index (χ0) is 8.69. The van der Waals surface area contributed by atoms with Gasteiger partial charge in [0.2, 0.25) is 0 Å². The number of oxazole rings is 1. The van der Waals surface area contributed by atoms with Gasteiger partial charge in [-0.1, -0.05) is 20.8 Å². The molecule has 0 N–H and O–H groups in total. The summed E-state index contributed by atoms with van der Waals surface area (Å²) >= 11 is 0. The van der Waals surface area contributed by atoms with E-state index in [1.807, 2.05) is 20.8 Å². The van der Waals surface area contributed by atoms with Crippen molar-refractivity contribution in [2.75, 3.05) is 0 Å². The predicted octanol–water partition coefficient (Wildman–Crippen LogP) is 2.96. The number of nitrogens with zero attached hydrogens (tertiary/aromatic N) is 1. The first-order chi connectivity index (χ1) is 5.33. The minimum Gasteiger partial charge on any atom is -0.446 e. The number of hydrogen-bond donors (Lipinski definition) is 0. The third kappa shape index (κ3) is 3.81. The van der Waals surface area contributed by atoms with E-state index >= 15 is 0 Å². The van der Waals surface area contributed by atoms with Crippen molar-refractivity contribution in [3.8, 4) is 0 Å². The van der Waals surface area contributed by atoms with Crippen LogP contribution in [0.15, 0.2) is 10.6 Å². The van der Waals surface area contributed by atoms with Crippen molar-refractivity contribution in [1.82, 2.24) is 4.98 Å². The lowest BCUT2D eigenvalue weighted by Gasteiger charge is -1.85. The van der Waals surface area contributed by atoms with E-state index in [0.717, 1.165) is 24.5 Å². The van der Waals surface area contributed by atoms with E-state index in [1.165, 1.54) is 0 Å². The highest BCUT2D eigenvalue weighted by Gasteiger charge is 1.95. The van der Waals surface area contributed by atoms with Crippen LogP contribution in [0.5, 0.6) is 0 Å². The van der Waals surface area contributed by atoms with E-state index < -0.39 is 0 Å². The van der Waals surface area contributed by atoms with Gasteiger partial charge in [-0.15, -0.1) is 0 Å². The molecule has 1 rings (SSSR count). The standard InChI is InChI=1S/C7H11NO.C2H6/c1-3-4-7-5-8-6(2)9-7;1-2/h5H,3-4H2,1-2H3;1-2H3. The highest BCUT2D eigenvalue weighted by Crippen LogP contribution is 2.03. The van der Waals surface area contributed by atoms with Crippen LogP contribution < -0.4 is 0 Å². The van der Waals surface area contributed by atoms with Crippen molar-refractivity contribution in [3.63, 3.8) is 0 Å². The molecular formula is C9H17NO. The van der Waals surface area contributed by atoms with Crippen molar-refractivity contribution < 1.29 is 4.42 Å². The highest BCUT2D eigenvalue weighted by atomic mass is 16.3. The van der Waals surface area contributed by atoms with Gasteiger partial charge in [0.15, 0.2) is 5.89 Å². The highest BCUT2D eigenvalue weighted by molar-refractivity contribution is 4.92. The van der Waals surface area contributed by atoms with Gasteiger partial charge in [0.05, 0.1) is 6.20 Å². The van der Waals surface area contributed by atoms with Crippen LogP contribution >= 0.6 is 0 Å². The summed E-state index contributed by atoms with van der Waals surface area (Å²) in [6.07, 6.45) is 3.91. The molecule has 1 aromatic rings. The van der Waals surface area contributed by atoms with Gasteiger partial charge < -0.3 is 4.42 Å². The fourth-order valence-corrected chi connectivity index (χ4v) is 0.767. The second-order valence-corrected chi connectivity index (χ2v) is 2.10. The Morgan fingerprint density at radius 2 is 2.09 bits per heavy atom. The molecule has 0 unspecified atom stereocenters. The first-order valence-electron chi connectivity index (χ1n) is 4.24. The molecule has 0 radical (unpaired) electrons. The smallest absolute Gasteiger partial charge is 0.191 e. The van der Waals surface area contributed by atoms with Crippen molar-refractivity contribution in [1.29, 1.82) is 0 Å². The largest absolute Gasteiger partial charge is 0.446 e. The zero-order valence-corrected chi connectivity index (χ0v) is 7.85. The molecule has 2 nitrogen and oxygen atoms in total. The first kappa shape index (κ1) is 10.2. The van der Waals surface area contributed by atoms with E-state index in [-0.39, 0.29) is 0 Å². The normalized spacial score (nSPS) is 8.73. The molecule has 0 aliphatic carbocycles. The molecule has 11 heavy (non-hydrogen) atoms. The van der Waals surface area contributed by atoms with Gasteiger partial charge >= 0.3 is 0 Å². The molecule has 64 valence electrons. The van der Waals surface area contributed by atoms with Gasteiger partial charge in [-0.05, 0) is 6.42 Å². The average molecular weight is 155 g/mol. The summed E-state index contributed by atoms with van der Waals surface area (Å²) in [5.41, 5.74) is 0. The zero-order valence-electron chi connectivity index (χ0n) is 7.85. The van der Waals surface area contributed by atoms with E-state index in [1.54, 1.807) is 6.20 Å². The second kappa shape index (κ2) is 5.96. The quantitative estimate of drug-likeness (QED) is 0.656. The monoisotopic (exact) mass is 155 g/mol. The number of aromatic nitrogens is 1. The number of aryl methyl sites for hydroxylation is 2. The van der Waals surface area contributed by atoms with Gasteiger partial charge in [-0.2, -0.15) is 0 Å². The Bertz CT molecular complexity index is 181. The molecule has 0 saturated heterocycles. The van der Waals surface area contributed by atoms with Gasteiger partial charge in [-0.3, -0.25) is 0 Å². The predicted molar refractivity (Wildman–Crippen MR) is 46.6 cm³/mol. The van der Waals surface area contributed by atoms with Crippen LogP contribution in [0, 0.1) is 6.92 Å². The summed E-state index contributed by atoms with van der Waals surface area (Å²) in [5, 5.41) is 0. The molecule has 0 atom stereocenters. The lowest BCUT2D eigenvalue weighted by Crippen LogP contribution is -1.74. The van der Waals surface area contributed by atoms with Crippen molar-refractivity contribution in [2.24, 2.45) is 0 Å². The summed E-state index contributed by atoms with van der Waals surface area (Å²) in [6, 6.07) is 0. The van der Waals surface area contributed by atoms with E-state index in [2.05, 4.69) is 11.9 Å². The molecule has 1 heterocycles. The molecule has 1 aromatic heterocycles. The molecule has 0 aromatic carbocycles. The Balaban J connectivity index is 0.000000461. The second-order valence-electron chi connectivity index (χ2n) is 2.10. The fraction of sp³-hybridized carbons (Fsp3) is 0.667. The minimum atomic E-state index is 0.762. The van der Waals surface area contributed by atoms with E-state index in [9.17, 15) is 0 Å². The average Bonchev–Trinajstić information content (AvgIpc) is 2.41. The van der Waals surface area contributed by atoms with Crippen LogP contribution in [-0.4, -0.2) is 4.98 Å². The topological polar surface area (TPSA) is 26.0 Å². The molecular weight excluding hydrogens is 138 g/mol. The minimum absolute atomic E-state index is 0.762. The van der Waals surface area contributed by atoms with E-state index in [0.29, 0.717) is 0 Å². The van der Waals surface area contributed by atoms with Crippen LogP contribution in [0.4, 0.5) is 0 Å². The summed E-state index contributed by atoms with van der Waals surface area (Å²) in [5.74, 6) is 1.76. The summed E-state index contributed by atoms with van der Waals surface area (Å²) in [6.45, 7) is 7.98. The molecule has 0 aliphatic rings. The molecule has 0 amide bonds. The maximum Gasteiger partial charge on any atom is 0.191 e. The molecule has 0 saturated carbocycles. The number of hydrogen-bond acceptors (Lipinski definition) is 2. The Morgan fingerprint density at radius 1 is 1.45 bits per heavy atom. The Kier molecular flexibility index (Phi) is 5.53. The van der Waals surface area contributed by atoms with Crippen LogP contribution in [-0.2, 0) is 6.42 Å². The molecule has 0 fully saturated rings. The van der Waals surface area contributed by atoms with Crippen molar-refractivity contribution >= 4 is 0 Å². The summed E-state index contributed by atoms with van der Waals surface area (Å²) in [7, 11) is 0. The Hall–Kier alpha value is -0.790. The van der Waals surface area contributed by atoms with Gasteiger partial charge in [0, 0.05) is 13.3 Å². The maximum atomic E-state index is 5.21. The number of rotatable bonds is 2. The van der Waals surface area contributed by atoms with Gasteiger partial charge in [0.25, 0.3) is 0 Å². The Morgan fingerprint density at radius 3 is 2.45 bits per heavy atom. The van der Waals surface area contributed by atoms with Crippen molar-refractivity contribution in [3.05, 3.63) is 17.8 Å². The van der Waals surface area contributed by atoms with Crippen molar-refractivity contribution in [2.45, 2.75) is 40.5 Å². The fourth-order valence-electron chi connectivity index (χ4n) is 0.767. The molecule has 0 spiro atoms. The van der Waals surface area contributed by atoms with Crippen LogP contribution in [0.1, 0.15) is 38.8 Å². The van der Waals surface area contributed by atoms with Gasteiger partial charge in [0.1, 0.15) is 5.76 Å². The first-order valence-corrected chi connectivity index (χ1v) is 4.24. The maximum absolute atomic E-state index is 5.21. The third-order valence-electron chi connectivity index (χ3n) is 1.17. The molecule has 0 bridgehead atoms. The SMILES string of the molecule is CC.CCCc1cnc(C)o1. The van der Waals surface area contributed by atoms with Crippen LogP contribution in [0.3, 0.4) is 0 Å². The van der Waals surface area contributed by atoms with E-state index in [4.69, 9.17) is 4.42 Å². The van der Waals surface area contributed by atoms with Gasteiger partial charge in [-0.25, -0.2) is 4.98 Å².